The molecule has 1 unspecified atom stereocenters. The fourth-order valence-electron chi connectivity index (χ4n) is 0.765. The summed E-state index contributed by atoms with van der Waals surface area (Å²) in [5.41, 5.74) is 6.12. The van der Waals surface area contributed by atoms with E-state index in [9.17, 15) is 4.57 Å². The molecule has 0 aromatic heterocycles. The molecule has 0 fully saturated rings. The first-order chi connectivity index (χ1) is 5.29. The molecule has 1 rings (SSSR count). The van der Waals surface area contributed by atoms with Gasteiger partial charge in [0.1, 0.15) is 0 Å². The van der Waals surface area contributed by atoms with Crippen molar-refractivity contribution in [3.8, 4) is 0 Å². The number of hydrogen-bond acceptors (Lipinski definition) is 1. The summed E-state index contributed by atoms with van der Waals surface area (Å²) in [6.45, 7) is 0.562. The predicted molar refractivity (Wildman–Crippen MR) is 45.1 cm³/mol. The van der Waals surface area contributed by atoms with E-state index >= 15 is 0 Å². The van der Waals surface area contributed by atoms with Crippen molar-refractivity contribution >= 4 is 8.10 Å². The monoisotopic (exact) mass is 169 g/mol. The van der Waals surface area contributed by atoms with E-state index in [0.29, 0.717) is 6.54 Å². The Morgan fingerprint density at radius 1 is 1.36 bits per heavy atom. The number of hydrogen-bond donors (Lipinski definition) is 2. The molecule has 4 heteroatoms. The Hall–Kier alpha value is -0.760. The van der Waals surface area contributed by atoms with Gasteiger partial charge in [-0.3, -0.25) is 0 Å². The van der Waals surface area contributed by atoms with Crippen LogP contribution in [0.4, 0.5) is 0 Å². The second-order valence-electron chi connectivity index (χ2n) is 2.15. The van der Waals surface area contributed by atoms with Crippen molar-refractivity contribution in [1.82, 2.24) is 5.09 Å². The van der Waals surface area contributed by atoms with Gasteiger partial charge >= 0.3 is 8.10 Å². The zero-order valence-corrected chi connectivity index (χ0v) is 6.92. The lowest BCUT2D eigenvalue weighted by atomic mass is 10.2. The second kappa shape index (κ2) is 4.19. The molecule has 3 N–H and O–H groups in total. The van der Waals surface area contributed by atoms with E-state index in [-0.39, 0.29) is 0 Å². The molecule has 0 bridgehead atoms. The molecule has 0 saturated carbocycles. The Morgan fingerprint density at radius 3 is 2.55 bits per heavy atom. The van der Waals surface area contributed by atoms with Crippen LogP contribution in [0.2, 0.25) is 0 Å². The number of nitrogens with one attached hydrogen (secondary N) is 1. The molecule has 0 aliphatic rings. The summed E-state index contributed by atoms with van der Waals surface area (Å²) in [5.74, 6) is 0. The van der Waals surface area contributed by atoms with Gasteiger partial charge in [-0.2, -0.15) is 0 Å². The van der Waals surface area contributed by atoms with Gasteiger partial charge in [-0.1, -0.05) is 35.4 Å². The molecule has 0 heterocycles. The Bertz CT molecular complexity index is 237. The van der Waals surface area contributed by atoms with Crippen molar-refractivity contribution in [1.29, 1.82) is 0 Å². The van der Waals surface area contributed by atoms with Crippen LogP contribution in [-0.4, -0.2) is 0 Å². The number of benzene rings is 1. The molecule has 1 aromatic rings. The molecule has 0 aliphatic carbocycles. The second-order valence-corrected chi connectivity index (χ2v) is 3.11. The predicted octanol–water partition coefficient (Wildman–Crippen LogP) is 1.39. The highest BCUT2D eigenvalue weighted by Crippen LogP contribution is 2.03. The van der Waals surface area contributed by atoms with E-state index in [0.717, 1.165) is 5.56 Å². The standard InChI is InChI=1S/C7H10N2OP/c8-11(10)9-6-7-4-2-1-3-5-7/h1-5H,6H2,(H3,8,9,10)/q+1. The molecule has 0 saturated heterocycles. The molecular weight excluding hydrogens is 159 g/mol. The third-order valence-electron chi connectivity index (χ3n) is 1.28. The first kappa shape index (κ1) is 8.34. The molecule has 0 aliphatic heterocycles. The average Bonchev–Trinajstić information content (AvgIpc) is 2.03. The maximum Gasteiger partial charge on any atom is 0.529 e. The van der Waals surface area contributed by atoms with Gasteiger partial charge in [-0.25, -0.2) is 0 Å². The molecule has 0 amide bonds. The van der Waals surface area contributed by atoms with E-state index in [4.69, 9.17) is 5.50 Å². The summed E-state index contributed by atoms with van der Waals surface area (Å²) in [5, 5.41) is 2.65. The first-order valence-corrected chi connectivity index (χ1v) is 4.61. The smallest absolute Gasteiger partial charge is 0.104 e. The molecule has 1 atom stereocenters. The fourth-order valence-corrected chi connectivity index (χ4v) is 1.10. The number of rotatable bonds is 3. The maximum atomic E-state index is 10.4. The van der Waals surface area contributed by atoms with Gasteiger partial charge in [-0.15, -0.1) is 5.50 Å². The van der Waals surface area contributed by atoms with E-state index in [1.54, 1.807) is 0 Å². The summed E-state index contributed by atoms with van der Waals surface area (Å²) < 4.78 is 10.4. The van der Waals surface area contributed by atoms with E-state index in [1.807, 2.05) is 30.3 Å². The van der Waals surface area contributed by atoms with Crippen LogP contribution in [0.1, 0.15) is 5.56 Å². The zero-order valence-electron chi connectivity index (χ0n) is 6.03. The molecule has 58 valence electrons. The quantitative estimate of drug-likeness (QED) is 0.672. The van der Waals surface area contributed by atoms with Crippen molar-refractivity contribution in [2.45, 2.75) is 6.54 Å². The minimum Gasteiger partial charge on any atom is -0.104 e. The zero-order chi connectivity index (χ0) is 8.10. The van der Waals surface area contributed by atoms with Crippen LogP contribution in [0.5, 0.6) is 0 Å². The van der Waals surface area contributed by atoms with Crippen molar-refractivity contribution in [3.05, 3.63) is 35.9 Å². The number of nitrogens with two attached hydrogens (primary N) is 1. The molecule has 3 nitrogen and oxygen atoms in total. The Kier molecular flexibility index (Phi) is 3.17. The summed E-state index contributed by atoms with van der Waals surface area (Å²) in [4.78, 5) is 0. The van der Waals surface area contributed by atoms with Gasteiger partial charge in [0.15, 0.2) is 0 Å². The van der Waals surface area contributed by atoms with Crippen molar-refractivity contribution in [2.75, 3.05) is 0 Å². The third-order valence-corrected chi connectivity index (χ3v) is 1.75. The van der Waals surface area contributed by atoms with Gasteiger partial charge in [0.2, 0.25) is 0 Å². The van der Waals surface area contributed by atoms with Crippen LogP contribution >= 0.6 is 8.10 Å². The van der Waals surface area contributed by atoms with Crippen molar-refractivity contribution in [2.24, 2.45) is 5.50 Å². The van der Waals surface area contributed by atoms with Crippen molar-refractivity contribution in [3.63, 3.8) is 0 Å². The highest BCUT2D eigenvalue weighted by Gasteiger charge is 2.04. The van der Waals surface area contributed by atoms with Gasteiger partial charge in [0.05, 0.1) is 6.54 Å². The molecule has 11 heavy (non-hydrogen) atoms. The van der Waals surface area contributed by atoms with Crippen LogP contribution in [0.3, 0.4) is 0 Å². The van der Waals surface area contributed by atoms with Gasteiger partial charge in [0, 0.05) is 0 Å². The van der Waals surface area contributed by atoms with Crippen LogP contribution < -0.4 is 10.6 Å². The Labute approximate surface area is 66.5 Å². The summed E-state index contributed by atoms with van der Waals surface area (Å²) in [7, 11) is -1.72. The Morgan fingerprint density at radius 2 is 2.00 bits per heavy atom. The van der Waals surface area contributed by atoms with Crippen molar-refractivity contribution < 1.29 is 4.57 Å². The fraction of sp³-hybridized carbons (Fsp3) is 0.143. The summed E-state index contributed by atoms with van der Waals surface area (Å²) in [6.07, 6.45) is 0. The van der Waals surface area contributed by atoms with Gasteiger partial charge in [0.25, 0.3) is 0 Å². The van der Waals surface area contributed by atoms with E-state index in [1.165, 1.54) is 0 Å². The topological polar surface area (TPSA) is 55.1 Å². The highest BCUT2D eigenvalue weighted by molar-refractivity contribution is 7.39. The van der Waals surface area contributed by atoms with Gasteiger partial charge in [-0.05, 0) is 10.1 Å². The lowest BCUT2D eigenvalue weighted by molar-refractivity contribution is 0.580. The first-order valence-electron chi connectivity index (χ1n) is 3.28. The van der Waals surface area contributed by atoms with Crippen LogP contribution in [-0.2, 0) is 11.1 Å². The minimum absolute atomic E-state index is 0.562. The molecule has 1 aromatic carbocycles. The highest BCUT2D eigenvalue weighted by atomic mass is 31.1. The molecule has 0 radical (unpaired) electrons. The normalized spacial score (nSPS) is 11.2. The average molecular weight is 169 g/mol. The van der Waals surface area contributed by atoms with Crippen LogP contribution in [0.15, 0.2) is 30.3 Å². The third kappa shape index (κ3) is 3.23. The Balaban J connectivity index is 2.45. The lowest BCUT2D eigenvalue weighted by Crippen LogP contribution is -2.06. The van der Waals surface area contributed by atoms with E-state index < -0.39 is 8.10 Å². The maximum absolute atomic E-state index is 10.4. The minimum atomic E-state index is -1.72. The summed E-state index contributed by atoms with van der Waals surface area (Å²) >= 11 is 0. The van der Waals surface area contributed by atoms with E-state index in [2.05, 4.69) is 5.09 Å². The van der Waals surface area contributed by atoms with Gasteiger partial charge < -0.3 is 0 Å². The van der Waals surface area contributed by atoms with Crippen LogP contribution in [0, 0.1) is 0 Å². The van der Waals surface area contributed by atoms with Crippen LogP contribution in [0.25, 0.3) is 0 Å². The molecule has 0 spiro atoms. The summed E-state index contributed by atoms with van der Waals surface area (Å²) in [6, 6.07) is 9.70. The molecular formula is C7H10N2OP+. The largest absolute Gasteiger partial charge is 0.529 e. The SMILES string of the molecule is N[P+](=O)NCc1ccccc1. The lowest BCUT2D eigenvalue weighted by Gasteiger charge is -1.92.